The van der Waals surface area contributed by atoms with Crippen molar-refractivity contribution in [3.63, 3.8) is 0 Å². The van der Waals surface area contributed by atoms with Gasteiger partial charge in [0.1, 0.15) is 18.1 Å². The minimum absolute atomic E-state index is 0.00606. The summed E-state index contributed by atoms with van der Waals surface area (Å²) in [5.74, 6) is -3.45. The Morgan fingerprint density at radius 2 is 1.73 bits per heavy atom. The predicted molar refractivity (Wildman–Crippen MR) is 96.0 cm³/mol. The van der Waals surface area contributed by atoms with Gasteiger partial charge in [0.05, 0.1) is 0 Å². The van der Waals surface area contributed by atoms with E-state index >= 15 is 0 Å². The molecule has 0 fully saturated rings. The highest BCUT2D eigenvalue weighted by Crippen LogP contribution is 2.24. The fraction of sp³-hybridized carbons (Fsp3) is 0.211. The quantitative estimate of drug-likeness (QED) is 0.522. The third-order valence-corrected chi connectivity index (χ3v) is 3.51. The molecule has 0 aliphatic heterocycles. The topological polar surface area (TPSA) is 93.7 Å². The maximum Gasteiger partial charge on any atom is 0.573 e. The number of benzene rings is 2. The number of esters is 1. The molecule has 1 atom stereocenters. The van der Waals surface area contributed by atoms with E-state index in [0.29, 0.717) is 0 Å². The van der Waals surface area contributed by atoms with Crippen molar-refractivity contribution in [1.82, 2.24) is 5.32 Å². The lowest BCUT2D eigenvalue weighted by atomic mass is 10.2. The Labute approximate surface area is 168 Å². The molecule has 0 aliphatic carbocycles. The molecule has 0 radical (unpaired) electrons. The zero-order valence-corrected chi connectivity index (χ0v) is 15.5. The summed E-state index contributed by atoms with van der Waals surface area (Å²) < 4.78 is 58.0. The minimum Gasteiger partial charge on any atom is -0.451 e. The van der Waals surface area contributed by atoms with E-state index in [2.05, 4.69) is 15.4 Å². The first kappa shape index (κ1) is 22.7. The number of hydrogen-bond acceptors (Lipinski definition) is 5. The van der Waals surface area contributed by atoms with Gasteiger partial charge >= 0.3 is 12.3 Å². The van der Waals surface area contributed by atoms with E-state index < -0.39 is 48.4 Å². The summed E-state index contributed by atoms with van der Waals surface area (Å²) in [6.45, 7) is 0.708. The third kappa shape index (κ3) is 7.41. The molecule has 7 nitrogen and oxygen atoms in total. The number of carbonyl (C=O) groups excluding carboxylic acids is 3. The molecule has 0 aliphatic rings. The van der Waals surface area contributed by atoms with Crippen molar-refractivity contribution < 1.29 is 41.4 Å². The summed E-state index contributed by atoms with van der Waals surface area (Å²) in [7, 11) is 0. The van der Waals surface area contributed by atoms with Crippen LogP contribution < -0.4 is 15.4 Å². The Balaban J connectivity index is 1.80. The Bertz CT molecular complexity index is 916. The van der Waals surface area contributed by atoms with Crippen molar-refractivity contribution in [2.75, 3.05) is 11.9 Å². The van der Waals surface area contributed by atoms with E-state index in [9.17, 15) is 31.9 Å². The molecule has 30 heavy (non-hydrogen) atoms. The highest BCUT2D eigenvalue weighted by molar-refractivity contribution is 5.97. The smallest absolute Gasteiger partial charge is 0.451 e. The average Bonchev–Trinajstić information content (AvgIpc) is 2.66. The molecule has 160 valence electrons. The Morgan fingerprint density at radius 3 is 2.33 bits per heavy atom. The second-order valence-electron chi connectivity index (χ2n) is 5.89. The molecule has 2 aromatic carbocycles. The highest BCUT2D eigenvalue weighted by Gasteiger charge is 2.31. The second-order valence-corrected chi connectivity index (χ2v) is 5.89. The van der Waals surface area contributed by atoms with Gasteiger partial charge in [0, 0.05) is 11.3 Å². The van der Waals surface area contributed by atoms with Gasteiger partial charge in [-0.1, -0.05) is 6.07 Å². The molecule has 11 heteroatoms. The van der Waals surface area contributed by atoms with Gasteiger partial charge in [-0.3, -0.25) is 14.4 Å². The van der Waals surface area contributed by atoms with Gasteiger partial charge in [-0.05, 0) is 49.4 Å². The van der Waals surface area contributed by atoms with E-state index in [-0.39, 0.29) is 11.3 Å². The number of nitrogens with one attached hydrogen (secondary N) is 2. The molecule has 0 bridgehead atoms. The van der Waals surface area contributed by atoms with Crippen molar-refractivity contribution in [3.8, 4) is 5.75 Å². The summed E-state index contributed by atoms with van der Waals surface area (Å²) in [4.78, 5) is 35.6. The lowest BCUT2D eigenvalue weighted by Crippen LogP contribution is -2.35. The second kappa shape index (κ2) is 9.72. The molecule has 0 saturated heterocycles. The zero-order chi connectivity index (χ0) is 22.3. The molecule has 2 amide bonds. The third-order valence-electron chi connectivity index (χ3n) is 3.51. The van der Waals surface area contributed by atoms with Gasteiger partial charge in [-0.2, -0.15) is 0 Å². The fourth-order valence-electron chi connectivity index (χ4n) is 2.16. The highest BCUT2D eigenvalue weighted by atomic mass is 19.4. The van der Waals surface area contributed by atoms with Crippen molar-refractivity contribution in [2.45, 2.75) is 19.4 Å². The maximum atomic E-state index is 13.1. The van der Waals surface area contributed by atoms with Gasteiger partial charge in [0.25, 0.3) is 11.8 Å². The summed E-state index contributed by atoms with van der Waals surface area (Å²) in [5.41, 5.74) is 0.156. The van der Waals surface area contributed by atoms with Crippen molar-refractivity contribution in [1.29, 1.82) is 0 Å². The van der Waals surface area contributed by atoms with Crippen LogP contribution in [0.5, 0.6) is 5.75 Å². The first-order chi connectivity index (χ1) is 14.0. The number of hydrogen-bond donors (Lipinski definition) is 2. The lowest BCUT2D eigenvalue weighted by Gasteiger charge is -2.14. The van der Waals surface area contributed by atoms with Crippen LogP contribution in [0.15, 0.2) is 48.5 Å². The lowest BCUT2D eigenvalue weighted by molar-refractivity contribution is -0.274. The molecule has 0 heterocycles. The van der Waals surface area contributed by atoms with Gasteiger partial charge in [0.2, 0.25) is 0 Å². The molecule has 1 unspecified atom stereocenters. The van der Waals surface area contributed by atoms with Crippen LogP contribution in [0.2, 0.25) is 0 Å². The van der Waals surface area contributed by atoms with E-state index in [0.717, 1.165) is 24.3 Å². The Morgan fingerprint density at radius 1 is 1.07 bits per heavy atom. The molecule has 2 rings (SSSR count). The number of rotatable bonds is 7. The van der Waals surface area contributed by atoms with Crippen molar-refractivity contribution >= 4 is 23.5 Å². The largest absolute Gasteiger partial charge is 0.573 e. The number of anilines is 1. The number of alkyl halides is 3. The first-order valence-corrected chi connectivity index (χ1v) is 8.43. The maximum absolute atomic E-state index is 13.1. The summed E-state index contributed by atoms with van der Waals surface area (Å²) >= 11 is 0. The van der Waals surface area contributed by atoms with E-state index in [1.807, 2.05) is 0 Å². The molecule has 2 aromatic rings. The number of amides is 2. The van der Waals surface area contributed by atoms with Gasteiger partial charge in [0.15, 0.2) is 6.10 Å². The number of carbonyl (C=O) groups is 3. The van der Waals surface area contributed by atoms with Gasteiger partial charge in [-0.25, -0.2) is 4.39 Å². The van der Waals surface area contributed by atoms with Crippen molar-refractivity contribution in [2.24, 2.45) is 0 Å². The summed E-state index contributed by atoms with van der Waals surface area (Å²) in [6.07, 6.45) is -6.09. The minimum atomic E-state index is -4.84. The van der Waals surface area contributed by atoms with Crippen LogP contribution in [0, 0.1) is 5.82 Å². The Hall–Kier alpha value is -3.63. The van der Waals surface area contributed by atoms with Crippen LogP contribution in [-0.2, 0) is 14.3 Å². The average molecular weight is 428 g/mol. The molecule has 0 saturated carbocycles. The van der Waals surface area contributed by atoms with E-state index in [1.54, 1.807) is 0 Å². The Kier molecular flexibility index (Phi) is 7.34. The number of halogens is 4. The van der Waals surface area contributed by atoms with Crippen LogP contribution in [0.3, 0.4) is 0 Å². The molecule has 0 aromatic heterocycles. The summed E-state index contributed by atoms with van der Waals surface area (Å²) in [6, 6.07) is 9.18. The van der Waals surface area contributed by atoms with Gasteiger partial charge < -0.3 is 20.1 Å². The zero-order valence-electron chi connectivity index (χ0n) is 15.5. The standard InChI is InChI=1S/C19H16F4N2O5/c1-11(17(27)25-14-5-7-15(8-6-14)30-19(21,22)23)29-16(26)10-24-18(28)12-3-2-4-13(20)9-12/h2-9,11H,10H2,1H3,(H,24,28)(H,25,27). The van der Waals surface area contributed by atoms with Crippen LogP contribution in [-0.4, -0.2) is 36.8 Å². The van der Waals surface area contributed by atoms with Crippen LogP contribution in [0.25, 0.3) is 0 Å². The first-order valence-electron chi connectivity index (χ1n) is 8.43. The molecular weight excluding hydrogens is 412 g/mol. The number of ether oxygens (including phenoxy) is 2. The molecule has 2 N–H and O–H groups in total. The van der Waals surface area contributed by atoms with Crippen LogP contribution in [0.1, 0.15) is 17.3 Å². The van der Waals surface area contributed by atoms with Gasteiger partial charge in [-0.15, -0.1) is 13.2 Å². The summed E-state index contributed by atoms with van der Waals surface area (Å²) in [5, 5.41) is 4.58. The SMILES string of the molecule is CC(OC(=O)CNC(=O)c1cccc(F)c1)C(=O)Nc1ccc(OC(F)(F)F)cc1. The van der Waals surface area contributed by atoms with Crippen LogP contribution >= 0.6 is 0 Å². The monoisotopic (exact) mass is 428 g/mol. The molecular formula is C19H16F4N2O5. The van der Waals surface area contributed by atoms with E-state index in [4.69, 9.17) is 4.74 Å². The predicted octanol–water partition coefficient (Wildman–Crippen LogP) is 3.02. The fourth-order valence-corrected chi connectivity index (χ4v) is 2.16. The molecule has 0 spiro atoms. The van der Waals surface area contributed by atoms with Crippen LogP contribution in [0.4, 0.5) is 23.2 Å². The van der Waals surface area contributed by atoms with Crippen molar-refractivity contribution in [3.05, 3.63) is 59.9 Å². The normalized spacial score (nSPS) is 11.9. The van der Waals surface area contributed by atoms with E-state index in [1.165, 1.54) is 31.2 Å².